The Balaban J connectivity index is 1.27. The first-order chi connectivity index (χ1) is 24.3. The summed E-state index contributed by atoms with van der Waals surface area (Å²) in [5, 5.41) is 9.90. The second kappa shape index (κ2) is 11.2. The van der Waals surface area contributed by atoms with Crippen LogP contribution in [0.15, 0.2) is 170 Å². The summed E-state index contributed by atoms with van der Waals surface area (Å²) < 4.78 is 2.64. The highest BCUT2D eigenvalue weighted by Crippen LogP contribution is 2.43. The molecule has 2 nitrogen and oxygen atoms in total. The molecule has 3 heteroatoms. The zero-order valence-corrected chi connectivity index (χ0v) is 27.3. The molecule has 0 aliphatic heterocycles. The van der Waals surface area contributed by atoms with E-state index in [2.05, 4.69) is 158 Å². The third-order valence-corrected chi connectivity index (χ3v) is 10.8. The summed E-state index contributed by atoms with van der Waals surface area (Å²) >= 11 is 1.86. The molecule has 0 amide bonds. The van der Waals surface area contributed by atoms with Crippen LogP contribution in [0.5, 0.6) is 0 Å². The van der Waals surface area contributed by atoms with Crippen LogP contribution < -0.4 is 0 Å². The van der Waals surface area contributed by atoms with Gasteiger partial charge < -0.3 is 0 Å². The molecule has 49 heavy (non-hydrogen) atoms. The number of hydrogen-bond acceptors (Lipinski definition) is 3. The van der Waals surface area contributed by atoms with Gasteiger partial charge in [-0.05, 0) is 68.4 Å². The van der Waals surface area contributed by atoms with Gasteiger partial charge >= 0.3 is 0 Å². The third-order valence-electron chi connectivity index (χ3n) is 9.68. The van der Waals surface area contributed by atoms with Crippen molar-refractivity contribution in [3.05, 3.63) is 170 Å². The number of aromatic nitrogens is 2. The molecule has 0 unspecified atom stereocenters. The number of fused-ring (bicyclic) bond motifs is 9. The number of nitrogens with zero attached hydrogens (tertiary/aromatic N) is 2. The molecule has 0 aliphatic rings. The number of thiophene rings is 1. The highest BCUT2D eigenvalue weighted by Gasteiger charge is 2.18. The van der Waals surface area contributed by atoms with Gasteiger partial charge in [0.25, 0.3) is 0 Å². The first-order valence-corrected chi connectivity index (χ1v) is 17.4. The van der Waals surface area contributed by atoms with Gasteiger partial charge in [0.2, 0.25) is 0 Å². The fourth-order valence-electron chi connectivity index (χ4n) is 7.36. The van der Waals surface area contributed by atoms with E-state index in [0.29, 0.717) is 0 Å². The van der Waals surface area contributed by atoms with Gasteiger partial charge in [0.1, 0.15) is 0 Å². The molecule has 8 aromatic carbocycles. The Hall–Kier alpha value is -6.16. The van der Waals surface area contributed by atoms with Crippen LogP contribution in [0.25, 0.3) is 97.5 Å². The van der Waals surface area contributed by atoms with E-state index in [0.717, 1.165) is 33.9 Å². The fraction of sp³-hybridized carbons (Fsp3) is 0. The van der Waals surface area contributed by atoms with Crippen molar-refractivity contribution in [2.45, 2.75) is 0 Å². The lowest BCUT2D eigenvalue weighted by molar-refractivity contribution is 1.19. The van der Waals surface area contributed by atoms with Crippen LogP contribution in [-0.4, -0.2) is 9.97 Å². The SMILES string of the molecule is c1ccc(-c2cc(-c3ccccc3)nc(-c3cccc4c5ccccc5c5ccc(-c6ccc7sc8ccccc8c7c6)cc5c34)n2)cc1. The Labute approximate surface area is 287 Å². The van der Waals surface area contributed by atoms with Crippen molar-refractivity contribution in [2.24, 2.45) is 0 Å². The van der Waals surface area contributed by atoms with Crippen LogP contribution in [0, 0.1) is 0 Å². The van der Waals surface area contributed by atoms with E-state index in [9.17, 15) is 0 Å². The topological polar surface area (TPSA) is 25.8 Å². The minimum Gasteiger partial charge on any atom is -0.228 e. The van der Waals surface area contributed by atoms with Crippen molar-refractivity contribution in [1.82, 2.24) is 9.97 Å². The molecule has 0 spiro atoms. The smallest absolute Gasteiger partial charge is 0.161 e. The highest BCUT2D eigenvalue weighted by atomic mass is 32.1. The van der Waals surface area contributed by atoms with E-state index in [4.69, 9.17) is 9.97 Å². The second-order valence-corrected chi connectivity index (χ2v) is 13.6. The molecule has 0 aliphatic carbocycles. The average molecular weight is 641 g/mol. The average Bonchev–Trinajstić information content (AvgIpc) is 3.56. The fourth-order valence-corrected chi connectivity index (χ4v) is 8.44. The zero-order valence-electron chi connectivity index (χ0n) is 26.5. The first kappa shape index (κ1) is 27.9. The van der Waals surface area contributed by atoms with Crippen molar-refractivity contribution >= 4 is 63.8 Å². The molecule has 10 aromatic rings. The van der Waals surface area contributed by atoms with Crippen molar-refractivity contribution in [1.29, 1.82) is 0 Å². The largest absolute Gasteiger partial charge is 0.228 e. The number of hydrogen-bond donors (Lipinski definition) is 0. The van der Waals surface area contributed by atoms with Crippen molar-refractivity contribution in [2.75, 3.05) is 0 Å². The van der Waals surface area contributed by atoms with E-state index < -0.39 is 0 Å². The van der Waals surface area contributed by atoms with Crippen LogP contribution in [0.1, 0.15) is 0 Å². The molecule has 2 heterocycles. The standard InChI is InChI=1S/C46H28N2S/c1-3-12-29(13-4-1)41-28-42(30-14-5-2-6-15-30)48-46(47-41)38-20-11-19-37-34-17-8-7-16-33(34)35-24-22-31(27-40(35)45(37)38)32-23-25-44-39(26-32)36-18-9-10-21-43(36)49-44/h1-28H. The van der Waals surface area contributed by atoms with Crippen molar-refractivity contribution in [3.63, 3.8) is 0 Å². The van der Waals surface area contributed by atoms with Crippen molar-refractivity contribution < 1.29 is 0 Å². The van der Waals surface area contributed by atoms with Gasteiger partial charge in [-0.15, -0.1) is 11.3 Å². The summed E-state index contributed by atoms with van der Waals surface area (Å²) in [7, 11) is 0. The molecule has 228 valence electrons. The van der Waals surface area contributed by atoms with E-state index in [-0.39, 0.29) is 0 Å². The van der Waals surface area contributed by atoms with E-state index in [1.165, 1.54) is 63.6 Å². The summed E-state index contributed by atoms with van der Waals surface area (Å²) in [6.07, 6.45) is 0. The van der Waals surface area contributed by atoms with E-state index in [1.54, 1.807) is 0 Å². The van der Waals surface area contributed by atoms with Gasteiger partial charge in [-0.25, -0.2) is 9.97 Å². The maximum absolute atomic E-state index is 5.26. The zero-order chi connectivity index (χ0) is 32.3. The van der Waals surface area contributed by atoms with E-state index in [1.807, 2.05) is 23.5 Å². The predicted molar refractivity (Wildman–Crippen MR) is 209 cm³/mol. The highest BCUT2D eigenvalue weighted by molar-refractivity contribution is 7.25. The number of rotatable bonds is 4. The van der Waals surface area contributed by atoms with Gasteiger partial charge in [0, 0.05) is 42.2 Å². The van der Waals surface area contributed by atoms with Crippen molar-refractivity contribution in [3.8, 4) is 45.0 Å². The second-order valence-electron chi connectivity index (χ2n) is 12.5. The van der Waals surface area contributed by atoms with Gasteiger partial charge in [0.15, 0.2) is 5.82 Å². The molecule has 0 radical (unpaired) electrons. The van der Waals surface area contributed by atoms with Crippen LogP contribution in [0.4, 0.5) is 0 Å². The lowest BCUT2D eigenvalue weighted by atomic mass is 9.89. The number of benzene rings is 8. The normalized spacial score (nSPS) is 11.7. The lowest BCUT2D eigenvalue weighted by Crippen LogP contribution is -1.97. The molecule has 0 fully saturated rings. The molecule has 0 saturated carbocycles. The Morgan fingerprint density at radius 1 is 0.327 bits per heavy atom. The first-order valence-electron chi connectivity index (χ1n) is 16.6. The maximum Gasteiger partial charge on any atom is 0.161 e. The quantitative estimate of drug-likeness (QED) is 0.179. The minimum absolute atomic E-state index is 0.721. The minimum atomic E-state index is 0.721. The predicted octanol–water partition coefficient (Wildman–Crippen LogP) is 13.0. The van der Waals surface area contributed by atoms with Gasteiger partial charge in [0.05, 0.1) is 11.4 Å². The van der Waals surface area contributed by atoms with Crippen LogP contribution >= 0.6 is 11.3 Å². The van der Waals surface area contributed by atoms with Crippen LogP contribution in [0.2, 0.25) is 0 Å². The molecule has 0 atom stereocenters. The summed E-state index contributed by atoms with van der Waals surface area (Å²) in [6, 6.07) is 60.8. The summed E-state index contributed by atoms with van der Waals surface area (Å²) in [5.41, 5.74) is 7.38. The molecular weight excluding hydrogens is 613 g/mol. The summed E-state index contributed by atoms with van der Waals surface area (Å²) in [5.74, 6) is 0.721. The Morgan fingerprint density at radius 2 is 0.857 bits per heavy atom. The van der Waals surface area contributed by atoms with Gasteiger partial charge in [-0.1, -0.05) is 140 Å². The molecule has 10 rings (SSSR count). The van der Waals surface area contributed by atoms with Crippen LogP contribution in [-0.2, 0) is 0 Å². The monoisotopic (exact) mass is 640 g/mol. The Morgan fingerprint density at radius 3 is 1.57 bits per heavy atom. The third kappa shape index (κ3) is 4.62. The Bertz CT molecular complexity index is 2810. The summed E-state index contributed by atoms with van der Waals surface area (Å²) in [4.78, 5) is 10.5. The summed E-state index contributed by atoms with van der Waals surface area (Å²) in [6.45, 7) is 0. The molecule has 0 saturated heterocycles. The van der Waals surface area contributed by atoms with E-state index >= 15 is 0 Å². The molecule has 2 aromatic heterocycles. The molecular formula is C46H28N2S. The molecule has 0 bridgehead atoms. The maximum atomic E-state index is 5.26. The van der Waals surface area contributed by atoms with Crippen LogP contribution in [0.3, 0.4) is 0 Å². The van der Waals surface area contributed by atoms with Gasteiger partial charge in [-0.3, -0.25) is 0 Å². The van der Waals surface area contributed by atoms with Gasteiger partial charge in [-0.2, -0.15) is 0 Å². The lowest BCUT2D eigenvalue weighted by Gasteiger charge is -2.16. The Kier molecular flexibility index (Phi) is 6.39. The molecule has 0 N–H and O–H groups in total.